The van der Waals surface area contributed by atoms with Crippen LogP contribution in [0.4, 0.5) is 0 Å². The van der Waals surface area contributed by atoms with Gasteiger partial charge in [0.05, 0.1) is 6.26 Å². The van der Waals surface area contributed by atoms with Gasteiger partial charge in [0, 0.05) is 11.1 Å². The molecule has 1 atom stereocenters. The molecule has 0 aromatic heterocycles. The van der Waals surface area contributed by atoms with Crippen molar-refractivity contribution >= 4 is 5.57 Å². The molecule has 1 unspecified atom stereocenters. The first-order valence-electron chi connectivity index (χ1n) is 6.40. The Morgan fingerprint density at radius 3 is 2.44 bits per heavy atom. The summed E-state index contributed by atoms with van der Waals surface area (Å²) >= 11 is 0. The minimum atomic E-state index is 0.189. The number of rotatable bonds is 2. The second-order valence-electron chi connectivity index (χ2n) is 4.52. The van der Waals surface area contributed by atoms with Crippen molar-refractivity contribution < 1.29 is 4.74 Å². The highest BCUT2D eigenvalue weighted by molar-refractivity contribution is 5.81. The van der Waals surface area contributed by atoms with Gasteiger partial charge >= 0.3 is 0 Å². The Kier molecular flexibility index (Phi) is 2.89. The molecule has 1 aliphatic heterocycles. The molecular formula is C17H16O. The van der Waals surface area contributed by atoms with Gasteiger partial charge < -0.3 is 4.74 Å². The van der Waals surface area contributed by atoms with Crippen LogP contribution in [-0.2, 0) is 4.74 Å². The topological polar surface area (TPSA) is 9.23 Å². The zero-order valence-electron chi connectivity index (χ0n) is 10.5. The molecule has 0 amide bonds. The molecule has 1 heterocycles. The van der Waals surface area contributed by atoms with E-state index in [1.54, 1.807) is 0 Å². The lowest BCUT2D eigenvalue weighted by Gasteiger charge is -2.25. The Hall–Kier alpha value is -2.02. The highest BCUT2D eigenvalue weighted by atomic mass is 16.5. The Morgan fingerprint density at radius 1 is 0.944 bits per heavy atom. The van der Waals surface area contributed by atoms with E-state index in [4.69, 9.17) is 4.74 Å². The summed E-state index contributed by atoms with van der Waals surface area (Å²) in [5.74, 6) is 0. The van der Waals surface area contributed by atoms with Crippen LogP contribution in [0.1, 0.15) is 36.1 Å². The number of fused-ring (bicyclic) bond motifs is 1. The van der Waals surface area contributed by atoms with Crippen molar-refractivity contribution in [2.24, 2.45) is 0 Å². The summed E-state index contributed by atoms with van der Waals surface area (Å²) in [6, 6.07) is 18.9. The van der Waals surface area contributed by atoms with Gasteiger partial charge in [0.1, 0.15) is 6.10 Å². The van der Waals surface area contributed by atoms with Gasteiger partial charge in [0.15, 0.2) is 0 Å². The average molecular weight is 236 g/mol. The first-order chi connectivity index (χ1) is 8.90. The summed E-state index contributed by atoms with van der Waals surface area (Å²) in [5.41, 5.74) is 4.97. The monoisotopic (exact) mass is 236 g/mol. The van der Waals surface area contributed by atoms with E-state index < -0.39 is 0 Å². The Bertz CT molecular complexity index is 569. The first-order valence-corrected chi connectivity index (χ1v) is 6.40. The van der Waals surface area contributed by atoms with Crippen molar-refractivity contribution in [2.75, 3.05) is 0 Å². The first kappa shape index (κ1) is 11.1. The minimum absolute atomic E-state index is 0.189. The third kappa shape index (κ3) is 1.82. The van der Waals surface area contributed by atoms with E-state index >= 15 is 0 Å². The summed E-state index contributed by atoms with van der Waals surface area (Å²) in [7, 11) is 0. The summed E-state index contributed by atoms with van der Waals surface area (Å²) in [6.07, 6.45) is 3.09. The maximum absolute atomic E-state index is 5.86. The molecule has 0 spiro atoms. The standard InChI is InChI=1S/C17H16O/c1-2-17-15-11-7-6-10-14(15)16(12-18-17)13-8-4-3-5-9-13/h3-12,17H,2H2,1H3. The van der Waals surface area contributed by atoms with Crippen molar-refractivity contribution in [3.8, 4) is 0 Å². The van der Waals surface area contributed by atoms with Gasteiger partial charge in [-0.1, -0.05) is 61.5 Å². The predicted octanol–water partition coefficient (Wildman–Crippen LogP) is 4.56. The van der Waals surface area contributed by atoms with Crippen LogP contribution < -0.4 is 0 Å². The smallest absolute Gasteiger partial charge is 0.123 e. The van der Waals surface area contributed by atoms with Crippen LogP contribution in [0.5, 0.6) is 0 Å². The summed E-state index contributed by atoms with van der Waals surface area (Å²) in [6.45, 7) is 2.16. The van der Waals surface area contributed by atoms with E-state index in [0.717, 1.165) is 6.42 Å². The molecular weight excluding hydrogens is 220 g/mol. The largest absolute Gasteiger partial charge is 0.493 e. The zero-order valence-corrected chi connectivity index (χ0v) is 10.5. The summed E-state index contributed by atoms with van der Waals surface area (Å²) < 4.78 is 5.86. The maximum Gasteiger partial charge on any atom is 0.123 e. The molecule has 1 nitrogen and oxygen atoms in total. The highest BCUT2D eigenvalue weighted by Gasteiger charge is 2.21. The van der Waals surface area contributed by atoms with E-state index in [-0.39, 0.29) is 6.10 Å². The maximum atomic E-state index is 5.86. The fraction of sp³-hybridized carbons (Fsp3) is 0.176. The lowest BCUT2D eigenvalue weighted by atomic mass is 9.90. The fourth-order valence-electron chi connectivity index (χ4n) is 2.47. The van der Waals surface area contributed by atoms with Crippen LogP contribution in [0.3, 0.4) is 0 Å². The third-order valence-corrected chi connectivity index (χ3v) is 3.40. The van der Waals surface area contributed by atoms with E-state index in [1.807, 2.05) is 12.3 Å². The molecule has 18 heavy (non-hydrogen) atoms. The number of ether oxygens (including phenoxy) is 1. The molecule has 3 rings (SSSR count). The molecule has 2 aromatic rings. The Balaban J connectivity index is 2.11. The van der Waals surface area contributed by atoms with Crippen molar-refractivity contribution in [2.45, 2.75) is 19.4 Å². The minimum Gasteiger partial charge on any atom is -0.493 e. The van der Waals surface area contributed by atoms with E-state index in [9.17, 15) is 0 Å². The predicted molar refractivity (Wildman–Crippen MR) is 74.1 cm³/mol. The Labute approximate surface area is 108 Å². The van der Waals surface area contributed by atoms with Crippen molar-refractivity contribution in [1.29, 1.82) is 0 Å². The van der Waals surface area contributed by atoms with Gasteiger partial charge in [-0.25, -0.2) is 0 Å². The number of hydrogen-bond acceptors (Lipinski definition) is 1. The van der Waals surface area contributed by atoms with E-state index in [2.05, 4.69) is 55.5 Å². The van der Waals surface area contributed by atoms with Crippen molar-refractivity contribution in [1.82, 2.24) is 0 Å². The van der Waals surface area contributed by atoms with Gasteiger partial charge in [-0.05, 0) is 17.5 Å². The van der Waals surface area contributed by atoms with E-state index in [1.165, 1.54) is 22.3 Å². The second kappa shape index (κ2) is 4.69. The molecule has 0 bridgehead atoms. The quantitative estimate of drug-likeness (QED) is 0.742. The van der Waals surface area contributed by atoms with Gasteiger partial charge in [-0.3, -0.25) is 0 Å². The van der Waals surface area contributed by atoms with Crippen LogP contribution in [0.25, 0.3) is 5.57 Å². The van der Waals surface area contributed by atoms with Gasteiger partial charge in [-0.2, -0.15) is 0 Å². The van der Waals surface area contributed by atoms with Gasteiger partial charge in [-0.15, -0.1) is 0 Å². The molecule has 1 aliphatic rings. The van der Waals surface area contributed by atoms with Crippen LogP contribution >= 0.6 is 0 Å². The third-order valence-electron chi connectivity index (χ3n) is 3.40. The lowest BCUT2D eigenvalue weighted by molar-refractivity contribution is 0.139. The van der Waals surface area contributed by atoms with Gasteiger partial charge in [0.25, 0.3) is 0 Å². The second-order valence-corrected chi connectivity index (χ2v) is 4.52. The van der Waals surface area contributed by atoms with Crippen LogP contribution in [0.15, 0.2) is 60.9 Å². The summed E-state index contributed by atoms with van der Waals surface area (Å²) in [5, 5.41) is 0. The number of benzene rings is 2. The molecule has 0 saturated heterocycles. The number of hydrogen-bond donors (Lipinski definition) is 0. The molecule has 0 radical (unpaired) electrons. The molecule has 2 aromatic carbocycles. The molecule has 0 aliphatic carbocycles. The molecule has 0 fully saturated rings. The van der Waals surface area contributed by atoms with Crippen LogP contribution in [0, 0.1) is 0 Å². The normalized spacial score (nSPS) is 17.6. The van der Waals surface area contributed by atoms with Gasteiger partial charge in [0.2, 0.25) is 0 Å². The fourth-order valence-corrected chi connectivity index (χ4v) is 2.47. The molecule has 1 heteroatoms. The molecule has 90 valence electrons. The molecule has 0 saturated carbocycles. The summed E-state index contributed by atoms with van der Waals surface area (Å²) in [4.78, 5) is 0. The van der Waals surface area contributed by atoms with Crippen molar-refractivity contribution in [3.05, 3.63) is 77.5 Å². The van der Waals surface area contributed by atoms with Crippen LogP contribution in [0.2, 0.25) is 0 Å². The van der Waals surface area contributed by atoms with Crippen molar-refractivity contribution in [3.63, 3.8) is 0 Å². The average Bonchev–Trinajstić information content (AvgIpc) is 2.47. The SMILES string of the molecule is CCC1OC=C(c2ccccc2)c2ccccc21. The van der Waals surface area contributed by atoms with Crippen LogP contribution in [-0.4, -0.2) is 0 Å². The molecule has 0 N–H and O–H groups in total. The Morgan fingerprint density at radius 2 is 1.67 bits per heavy atom. The lowest BCUT2D eigenvalue weighted by Crippen LogP contribution is -2.09. The zero-order chi connectivity index (χ0) is 12.4. The highest BCUT2D eigenvalue weighted by Crippen LogP contribution is 2.37. The van der Waals surface area contributed by atoms with E-state index in [0.29, 0.717) is 0 Å².